The predicted octanol–water partition coefficient (Wildman–Crippen LogP) is 2.40. The fourth-order valence-corrected chi connectivity index (χ4v) is 2.02. The molecule has 0 aromatic carbocycles. The van der Waals surface area contributed by atoms with Crippen molar-refractivity contribution in [3.8, 4) is 0 Å². The van der Waals surface area contributed by atoms with Crippen molar-refractivity contribution < 1.29 is 0 Å². The van der Waals surface area contributed by atoms with Gasteiger partial charge in [0.1, 0.15) is 0 Å². The average Bonchev–Trinajstić information content (AvgIpc) is 2.16. The van der Waals surface area contributed by atoms with Gasteiger partial charge in [0.05, 0.1) is 0 Å². The molecule has 0 bridgehead atoms. The summed E-state index contributed by atoms with van der Waals surface area (Å²) in [7, 11) is 0. The number of piperazine rings is 1. The molecule has 0 unspecified atom stereocenters. The molecule has 0 aromatic heterocycles. The van der Waals surface area contributed by atoms with Gasteiger partial charge in [-0.2, -0.15) is 0 Å². The number of rotatable bonds is 5. The van der Waals surface area contributed by atoms with Crippen LogP contribution >= 0.6 is 11.6 Å². The fraction of sp³-hybridized carbons (Fsp3) is 0.833. The molecule has 1 fully saturated rings. The van der Waals surface area contributed by atoms with Gasteiger partial charge in [0.25, 0.3) is 0 Å². The molecule has 1 rings (SSSR count). The summed E-state index contributed by atoms with van der Waals surface area (Å²) in [5, 5.41) is 0.755. The SMILES string of the molecule is C=C(Cl)CN1CCN(CCC(C)C)CC1. The minimum absolute atomic E-state index is 0.755. The summed E-state index contributed by atoms with van der Waals surface area (Å²) in [6.07, 6.45) is 1.31. The van der Waals surface area contributed by atoms with Crippen molar-refractivity contribution in [2.24, 2.45) is 5.92 Å². The molecule has 0 aliphatic carbocycles. The molecule has 0 N–H and O–H groups in total. The minimum Gasteiger partial charge on any atom is -0.301 e. The number of hydrogen-bond acceptors (Lipinski definition) is 2. The topological polar surface area (TPSA) is 6.48 Å². The van der Waals surface area contributed by atoms with E-state index in [1.165, 1.54) is 26.1 Å². The molecular weight excluding hydrogens is 208 g/mol. The number of hydrogen-bond donors (Lipinski definition) is 0. The van der Waals surface area contributed by atoms with Crippen LogP contribution < -0.4 is 0 Å². The molecular formula is C12H23ClN2. The quantitative estimate of drug-likeness (QED) is 0.716. The van der Waals surface area contributed by atoms with E-state index in [2.05, 4.69) is 30.2 Å². The zero-order valence-corrected chi connectivity index (χ0v) is 10.8. The Kier molecular flexibility index (Phi) is 5.65. The lowest BCUT2D eigenvalue weighted by Gasteiger charge is -2.34. The molecule has 0 amide bonds. The second-order valence-corrected chi connectivity index (χ2v) is 5.35. The maximum absolute atomic E-state index is 5.80. The molecule has 0 spiro atoms. The summed E-state index contributed by atoms with van der Waals surface area (Å²) in [4.78, 5) is 4.93. The first-order valence-electron chi connectivity index (χ1n) is 5.86. The van der Waals surface area contributed by atoms with E-state index in [0.717, 1.165) is 30.6 Å². The van der Waals surface area contributed by atoms with Gasteiger partial charge >= 0.3 is 0 Å². The molecule has 2 nitrogen and oxygen atoms in total. The molecule has 0 atom stereocenters. The summed E-state index contributed by atoms with van der Waals surface area (Å²) < 4.78 is 0. The Morgan fingerprint density at radius 3 is 2.20 bits per heavy atom. The number of nitrogens with zero attached hydrogens (tertiary/aromatic N) is 2. The first kappa shape index (κ1) is 13.0. The molecule has 15 heavy (non-hydrogen) atoms. The standard InChI is InChI=1S/C12H23ClN2/c1-11(2)4-5-14-6-8-15(9-7-14)10-12(3)13/h11H,3-10H2,1-2H3. The maximum Gasteiger partial charge on any atom is 0.0336 e. The van der Waals surface area contributed by atoms with Crippen LogP contribution in [-0.2, 0) is 0 Å². The maximum atomic E-state index is 5.80. The van der Waals surface area contributed by atoms with Gasteiger partial charge in [-0.3, -0.25) is 4.90 Å². The van der Waals surface area contributed by atoms with E-state index in [-0.39, 0.29) is 0 Å². The van der Waals surface area contributed by atoms with Gasteiger partial charge in [0, 0.05) is 37.8 Å². The third-order valence-electron chi connectivity index (χ3n) is 2.88. The highest BCUT2D eigenvalue weighted by Gasteiger charge is 2.16. The lowest BCUT2D eigenvalue weighted by atomic mass is 10.1. The Morgan fingerprint density at radius 2 is 1.73 bits per heavy atom. The Bertz CT molecular complexity index is 196. The highest BCUT2D eigenvalue weighted by atomic mass is 35.5. The Hall–Kier alpha value is -0.0500. The van der Waals surface area contributed by atoms with Crippen LogP contribution in [0.5, 0.6) is 0 Å². The average molecular weight is 231 g/mol. The van der Waals surface area contributed by atoms with Crippen molar-refractivity contribution in [3.05, 3.63) is 11.6 Å². The number of halogens is 1. The van der Waals surface area contributed by atoms with Crippen molar-refractivity contribution in [3.63, 3.8) is 0 Å². The van der Waals surface area contributed by atoms with Crippen LogP contribution in [0, 0.1) is 5.92 Å². The molecule has 1 heterocycles. The smallest absolute Gasteiger partial charge is 0.0336 e. The molecule has 1 aliphatic heterocycles. The zero-order chi connectivity index (χ0) is 11.3. The molecule has 3 heteroatoms. The van der Waals surface area contributed by atoms with Gasteiger partial charge in [0.15, 0.2) is 0 Å². The van der Waals surface area contributed by atoms with Gasteiger partial charge in [-0.25, -0.2) is 0 Å². The largest absolute Gasteiger partial charge is 0.301 e. The van der Waals surface area contributed by atoms with Crippen LogP contribution in [0.3, 0.4) is 0 Å². The Balaban J connectivity index is 2.15. The van der Waals surface area contributed by atoms with Crippen LogP contribution in [0.15, 0.2) is 11.6 Å². The van der Waals surface area contributed by atoms with Crippen molar-refractivity contribution in [2.45, 2.75) is 20.3 Å². The van der Waals surface area contributed by atoms with Crippen LogP contribution in [0.4, 0.5) is 0 Å². The predicted molar refractivity (Wildman–Crippen MR) is 67.3 cm³/mol. The van der Waals surface area contributed by atoms with E-state index in [1.807, 2.05) is 0 Å². The van der Waals surface area contributed by atoms with Crippen molar-refractivity contribution in [2.75, 3.05) is 39.3 Å². The molecule has 0 aromatic rings. The van der Waals surface area contributed by atoms with E-state index >= 15 is 0 Å². The van der Waals surface area contributed by atoms with E-state index < -0.39 is 0 Å². The second kappa shape index (κ2) is 6.51. The van der Waals surface area contributed by atoms with Gasteiger partial charge in [0.2, 0.25) is 0 Å². The Labute approximate surface area is 98.9 Å². The van der Waals surface area contributed by atoms with Gasteiger partial charge < -0.3 is 4.90 Å². The normalized spacial score (nSPS) is 19.7. The molecule has 0 saturated carbocycles. The first-order valence-corrected chi connectivity index (χ1v) is 6.23. The van der Waals surface area contributed by atoms with Gasteiger partial charge in [-0.05, 0) is 18.9 Å². The molecule has 1 aliphatic rings. The van der Waals surface area contributed by atoms with Crippen molar-refractivity contribution >= 4 is 11.6 Å². The molecule has 88 valence electrons. The zero-order valence-electron chi connectivity index (χ0n) is 10.0. The van der Waals surface area contributed by atoms with Gasteiger partial charge in [-0.1, -0.05) is 32.0 Å². The summed E-state index contributed by atoms with van der Waals surface area (Å²) in [5.74, 6) is 0.811. The van der Waals surface area contributed by atoms with Crippen molar-refractivity contribution in [1.29, 1.82) is 0 Å². The van der Waals surface area contributed by atoms with E-state index in [1.54, 1.807) is 0 Å². The van der Waals surface area contributed by atoms with Crippen LogP contribution in [0.1, 0.15) is 20.3 Å². The first-order chi connectivity index (χ1) is 7.08. The lowest BCUT2D eigenvalue weighted by molar-refractivity contribution is 0.137. The lowest BCUT2D eigenvalue weighted by Crippen LogP contribution is -2.46. The third-order valence-corrected chi connectivity index (χ3v) is 3.00. The van der Waals surface area contributed by atoms with E-state index in [0.29, 0.717) is 0 Å². The van der Waals surface area contributed by atoms with E-state index in [4.69, 9.17) is 11.6 Å². The summed E-state index contributed by atoms with van der Waals surface area (Å²) in [5.41, 5.74) is 0. The van der Waals surface area contributed by atoms with Crippen LogP contribution in [-0.4, -0.2) is 49.1 Å². The van der Waals surface area contributed by atoms with Crippen molar-refractivity contribution in [1.82, 2.24) is 9.80 Å². The molecule has 1 saturated heterocycles. The van der Waals surface area contributed by atoms with Crippen LogP contribution in [0.2, 0.25) is 0 Å². The third kappa shape index (κ3) is 5.55. The monoisotopic (exact) mass is 230 g/mol. The fourth-order valence-electron chi connectivity index (χ4n) is 1.85. The summed E-state index contributed by atoms with van der Waals surface area (Å²) >= 11 is 5.80. The highest BCUT2D eigenvalue weighted by Crippen LogP contribution is 2.08. The second-order valence-electron chi connectivity index (χ2n) is 4.82. The van der Waals surface area contributed by atoms with E-state index in [9.17, 15) is 0 Å². The Morgan fingerprint density at radius 1 is 1.20 bits per heavy atom. The molecule has 0 radical (unpaired) electrons. The van der Waals surface area contributed by atoms with Gasteiger partial charge in [-0.15, -0.1) is 0 Å². The summed E-state index contributed by atoms with van der Waals surface area (Å²) in [6, 6.07) is 0. The van der Waals surface area contributed by atoms with Crippen LogP contribution in [0.25, 0.3) is 0 Å². The minimum atomic E-state index is 0.755. The summed E-state index contributed by atoms with van der Waals surface area (Å²) in [6.45, 7) is 15.0. The highest BCUT2D eigenvalue weighted by molar-refractivity contribution is 6.29.